The van der Waals surface area contributed by atoms with Gasteiger partial charge in [0.15, 0.2) is 0 Å². The molecule has 4 nitrogen and oxygen atoms in total. The van der Waals surface area contributed by atoms with Crippen LogP contribution < -0.4 is 15.4 Å². The molecule has 2 atom stereocenters. The Labute approximate surface area is 134 Å². The second kappa shape index (κ2) is 7.86. The Bertz CT molecular complexity index is 470. The first-order valence-electron chi connectivity index (χ1n) is 6.47. The topological polar surface area (TPSA) is 50.4 Å². The molecule has 112 valence electrons. The molecule has 0 radical (unpaired) electrons. The van der Waals surface area contributed by atoms with Gasteiger partial charge in [-0.05, 0) is 43.6 Å². The van der Waals surface area contributed by atoms with Crippen molar-refractivity contribution in [3.8, 4) is 5.75 Å². The molecule has 2 unspecified atom stereocenters. The maximum Gasteiger partial charge on any atom is 0.255 e. The Morgan fingerprint density at radius 3 is 2.90 bits per heavy atom. The number of hydrogen-bond acceptors (Lipinski definition) is 3. The van der Waals surface area contributed by atoms with E-state index < -0.39 is 0 Å². The summed E-state index contributed by atoms with van der Waals surface area (Å²) in [7, 11) is 1.58. The molecule has 1 fully saturated rings. The fourth-order valence-corrected chi connectivity index (χ4v) is 2.67. The quantitative estimate of drug-likeness (QED) is 0.868. The van der Waals surface area contributed by atoms with Gasteiger partial charge in [-0.25, -0.2) is 0 Å². The van der Waals surface area contributed by atoms with Crippen LogP contribution in [0.5, 0.6) is 5.75 Å². The molecule has 20 heavy (non-hydrogen) atoms. The molecule has 1 aliphatic rings. The summed E-state index contributed by atoms with van der Waals surface area (Å²) in [6, 6.07) is 5.66. The number of hydrogen-bond donors (Lipinski definition) is 2. The Kier molecular flexibility index (Phi) is 6.79. The van der Waals surface area contributed by atoms with Crippen molar-refractivity contribution in [1.29, 1.82) is 0 Å². The van der Waals surface area contributed by atoms with E-state index in [1.807, 2.05) is 6.07 Å². The van der Waals surface area contributed by atoms with Crippen molar-refractivity contribution in [3.05, 3.63) is 28.2 Å². The van der Waals surface area contributed by atoms with Gasteiger partial charge < -0.3 is 15.4 Å². The first-order valence-corrected chi connectivity index (χ1v) is 7.26. The van der Waals surface area contributed by atoms with E-state index in [0.717, 1.165) is 24.0 Å². The third-order valence-corrected chi connectivity index (χ3v) is 4.00. The van der Waals surface area contributed by atoms with E-state index in [2.05, 4.69) is 33.5 Å². The minimum Gasteiger partial charge on any atom is -0.496 e. The zero-order valence-electron chi connectivity index (χ0n) is 11.6. The largest absolute Gasteiger partial charge is 0.496 e. The lowest BCUT2D eigenvalue weighted by atomic mass is 9.95. The van der Waals surface area contributed by atoms with Crippen molar-refractivity contribution in [2.45, 2.75) is 19.4 Å². The monoisotopic (exact) mass is 362 g/mol. The van der Waals surface area contributed by atoms with E-state index in [9.17, 15) is 4.79 Å². The molecule has 0 spiro atoms. The van der Waals surface area contributed by atoms with Gasteiger partial charge in [0.1, 0.15) is 5.75 Å². The van der Waals surface area contributed by atoms with Crippen LogP contribution >= 0.6 is 28.3 Å². The first kappa shape index (κ1) is 17.3. The number of amides is 1. The third-order valence-electron chi connectivity index (χ3n) is 3.51. The predicted molar refractivity (Wildman–Crippen MR) is 85.8 cm³/mol. The van der Waals surface area contributed by atoms with Gasteiger partial charge in [-0.2, -0.15) is 0 Å². The number of methoxy groups -OCH3 is 1. The molecule has 2 N–H and O–H groups in total. The van der Waals surface area contributed by atoms with Crippen LogP contribution in [0.2, 0.25) is 0 Å². The van der Waals surface area contributed by atoms with Gasteiger partial charge in [-0.3, -0.25) is 4.79 Å². The van der Waals surface area contributed by atoms with Crippen molar-refractivity contribution in [3.63, 3.8) is 0 Å². The van der Waals surface area contributed by atoms with Crippen molar-refractivity contribution < 1.29 is 9.53 Å². The smallest absolute Gasteiger partial charge is 0.255 e. The zero-order valence-corrected chi connectivity index (χ0v) is 14.0. The van der Waals surface area contributed by atoms with E-state index in [1.54, 1.807) is 19.2 Å². The van der Waals surface area contributed by atoms with E-state index in [1.165, 1.54) is 0 Å². The minimum atomic E-state index is -0.0666. The maximum absolute atomic E-state index is 12.3. The number of rotatable bonds is 3. The SMILES string of the molecule is COc1cc(Br)ccc1C(=O)NC1CCNCC1C.Cl. The van der Waals surface area contributed by atoms with Gasteiger partial charge in [0.2, 0.25) is 0 Å². The van der Waals surface area contributed by atoms with Gasteiger partial charge >= 0.3 is 0 Å². The van der Waals surface area contributed by atoms with E-state index in [0.29, 0.717) is 17.2 Å². The van der Waals surface area contributed by atoms with Crippen LogP contribution in [0.4, 0.5) is 0 Å². The fraction of sp³-hybridized carbons (Fsp3) is 0.500. The number of benzene rings is 1. The average molecular weight is 364 g/mol. The molecule has 1 heterocycles. The van der Waals surface area contributed by atoms with Gasteiger partial charge in [0.05, 0.1) is 12.7 Å². The van der Waals surface area contributed by atoms with Crippen LogP contribution in [0.3, 0.4) is 0 Å². The van der Waals surface area contributed by atoms with Crippen LogP contribution in [0.25, 0.3) is 0 Å². The second-order valence-corrected chi connectivity index (χ2v) is 5.81. The van der Waals surface area contributed by atoms with Gasteiger partial charge in [0.25, 0.3) is 5.91 Å². The summed E-state index contributed by atoms with van der Waals surface area (Å²) in [5, 5.41) is 6.43. The van der Waals surface area contributed by atoms with Crippen LogP contribution in [0, 0.1) is 5.92 Å². The number of nitrogens with one attached hydrogen (secondary N) is 2. The van der Waals surface area contributed by atoms with Crippen LogP contribution in [-0.4, -0.2) is 32.1 Å². The third kappa shape index (κ3) is 4.11. The summed E-state index contributed by atoms with van der Waals surface area (Å²) in [4.78, 5) is 12.3. The van der Waals surface area contributed by atoms with Gasteiger partial charge in [-0.15, -0.1) is 12.4 Å². The van der Waals surface area contributed by atoms with Crippen molar-refractivity contribution in [1.82, 2.24) is 10.6 Å². The number of piperidine rings is 1. The number of carbonyl (C=O) groups is 1. The highest BCUT2D eigenvalue weighted by molar-refractivity contribution is 9.10. The maximum atomic E-state index is 12.3. The Morgan fingerprint density at radius 2 is 2.25 bits per heavy atom. The number of carbonyl (C=O) groups excluding carboxylic acids is 1. The summed E-state index contributed by atoms with van der Waals surface area (Å²) in [5.41, 5.74) is 0.580. The molecule has 1 aliphatic heterocycles. The molecule has 1 amide bonds. The van der Waals surface area contributed by atoms with Crippen molar-refractivity contribution >= 4 is 34.2 Å². The molecule has 1 aromatic carbocycles. The summed E-state index contributed by atoms with van der Waals surface area (Å²) in [6.45, 7) is 4.05. The zero-order chi connectivity index (χ0) is 13.8. The molecule has 1 aromatic rings. The highest BCUT2D eigenvalue weighted by Gasteiger charge is 2.24. The molecule has 2 rings (SSSR count). The van der Waals surface area contributed by atoms with E-state index in [-0.39, 0.29) is 24.4 Å². The molecule has 0 aromatic heterocycles. The fourth-order valence-electron chi connectivity index (χ4n) is 2.33. The Hall–Kier alpha value is -0.780. The second-order valence-electron chi connectivity index (χ2n) is 4.89. The van der Waals surface area contributed by atoms with Gasteiger partial charge in [-0.1, -0.05) is 22.9 Å². The molecular formula is C14H20BrClN2O2. The van der Waals surface area contributed by atoms with E-state index >= 15 is 0 Å². The minimum absolute atomic E-state index is 0. The Morgan fingerprint density at radius 1 is 1.50 bits per heavy atom. The molecule has 0 saturated carbocycles. The van der Waals surface area contributed by atoms with Crippen LogP contribution in [0.1, 0.15) is 23.7 Å². The lowest BCUT2D eigenvalue weighted by Gasteiger charge is -2.30. The predicted octanol–water partition coefficient (Wildman–Crippen LogP) is 2.61. The molecular weight excluding hydrogens is 344 g/mol. The van der Waals surface area contributed by atoms with Gasteiger partial charge in [0, 0.05) is 10.5 Å². The highest BCUT2D eigenvalue weighted by atomic mass is 79.9. The molecule has 0 bridgehead atoms. The molecule has 0 aliphatic carbocycles. The number of ether oxygens (including phenoxy) is 1. The lowest BCUT2D eigenvalue weighted by Crippen LogP contribution is -2.48. The lowest BCUT2D eigenvalue weighted by molar-refractivity contribution is 0.0911. The van der Waals surface area contributed by atoms with Crippen LogP contribution in [-0.2, 0) is 0 Å². The summed E-state index contributed by atoms with van der Waals surface area (Å²) >= 11 is 3.37. The van der Waals surface area contributed by atoms with Crippen LogP contribution in [0.15, 0.2) is 22.7 Å². The normalized spacial score (nSPS) is 21.8. The standard InChI is InChI=1S/C14H19BrN2O2.ClH/c1-9-8-16-6-5-12(9)17-14(18)11-4-3-10(15)7-13(11)19-2;/h3-4,7,9,12,16H,5-6,8H2,1-2H3,(H,17,18);1H. The van der Waals surface area contributed by atoms with Crippen molar-refractivity contribution in [2.75, 3.05) is 20.2 Å². The Balaban J connectivity index is 0.00000200. The van der Waals surface area contributed by atoms with Crippen molar-refractivity contribution in [2.24, 2.45) is 5.92 Å². The average Bonchev–Trinajstić information content (AvgIpc) is 2.41. The highest BCUT2D eigenvalue weighted by Crippen LogP contribution is 2.24. The van der Waals surface area contributed by atoms with E-state index in [4.69, 9.17) is 4.74 Å². The number of halogens is 2. The summed E-state index contributed by atoms with van der Waals surface area (Å²) < 4.78 is 6.16. The molecule has 1 saturated heterocycles. The summed E-state index contributed by atoms with van der Waals surface area (Å²) in [5.74, 6) is 0.968. The summed E-state index contributed by atoms with van der Waals surface area (Å²) in [6.07, 6.45) is 0.964. The molecule has 6 heteroatoms. The first-order chi connectivity index (χ1) is 9.11.